The van der Waals surface area contributed by atoms with Crippen molar-refractivity contribution >= 4 is 17.6 Å². The van der Waals surface area contributed by atoms with Gasteiger partial charge in [0.2, 0.25) is 0 Å². The highest BCUT2D eigenvalue weighted by atomic mass is 32.2. The van der Waals surface area contributed by atoms with E-state index in [0.29, 0.717) is 5.92 Å². The molecule has 0 radical (unpaired) electrons. The fourth-order valence-electron chi connectivity index (χ4n) is 1.56. The van der Waals surface area contributed by atoms with Crippen molar-refractivity contribution in [2.75, 3.05) is 24.2 Å². The number of nitrogens with zero attached hydrogens (tertiary/aromatic N) is 2. The molecule has 0 amide bonds. The standard InChI is InChI=1S/C12H21N3OS/c1-4-13-11-10(9(2)3)12(15-8-14-11)17-7-5-6-16/h8-9,16H,4-7H2,1-3H3,(H,13,14,15). The van der Waals surface area contributed by atoms with Crippen LogP contribution in [0.2, 0.25) is 0 Å². The molecular weight excluding hydrogens is 234 g/mol. The zero-order valence-corrected chi connectivity index (χ0v) is 11.5. The van der Waals surface area contributed by atoms with E-state index in [4.69, 9.17) is 5.11 Å². The van der Waals surface area contributed by atoms with Crippen LogP contribution in [0.5, 0.6) is 0 Å². The van der Waals surface area contributed by atoms with Crippen LogP contribution in [0, 0.1) is 0 Å². The van der Waals surface area contributed by atoms with Gasteiger partial charge in [-0.3, -0.25) is 0 Å². The Bertz CT molecular complexity index is 345. The average Bonchev–Trinajstić information content (AvgIpc) is 2.29. The number of aliphatic hydroxyl groups excluding tert-OH is 1. The summed E-state index contributed by atoms with van der Waals surface area (Å²) in [6.45, 7) is 7.45. The lowest BCUT2D eigenvalue weighted by Crippen LogP contribution is -2.07. The number of aliphatic hydroxyl groups is 1. The minimum atomic E-state index is 0.231. The quantitative estimate of drug-likeness (QED) is 0.445. The van der Waals surface area contributed by atoms with Crippen molar-refractivity contribution in [3.8, 4) is 0 Å². The molecule has 4 nitrogen and oxygen atoms in total. The Labute approximate surface area is 107 Å². The van der Waals surface area contributed by atoms with Gasteiger partial charge in [0.15, 0.2) is 0 Å². The van der Waals surface area contributed by atoms with Crippen LogP contribution in [0.25, 0.3) is 0 Å². The SMILES string of the molecule is CCNc1ncnc(SCCCO)c1C(C)C. The van der Waals surface area contributed by atoms with E-state index in [-0.39, 0.29) is 6.61 Å². The summed E-state index contributed by atoms with van der Waals surface area (Å²) >= 11 is 1.69. The summed E-state index contributed by atoms with van der Waals surface area (Å²) < 4.78 is 0. The molecule has 0 fully saturated rings. The van der Waals surface area contributed by atoms with Gasteiger partial charge in [-0.15, -0.1) is 11.8 Å². The second-order valence-corrected chi connectivity index (χ2v) is 5.14. The molecule has 0 bridgehead atoms. The number of aromatic nitrogens is 2. The minimum Gasteiger partial charge on any atom is -0.396 e. The van der Waals surface area contributed by atoms with E-state index in [1.54, 1.807) is 18.1 Å². The first-order chi connectivity index (χ1) is 8.20. The fourth-order valence-corrected chi connectivity index (χ4v) is 2.63. The summed E-state index contributed by atoms with van der Waals surface area (Å²) in [6, 6.07) is 0. The van der Waals surface area contributed by atoms with Gasteiger partial charge in [-0.1, -0.05) is 13.8 Å². The van der Waals surface area contributed by atoms with Gasteiger partial charge < -0.3 is 10.4 Å². The number of hydrogen-bond donors (Lipinski definition) is 2. The van der Waals surface area contributed by atoms with Crippen LogP contribution in [0.3, 0.4) is 0 Å². The van der Waals surface area contributed by atoms with Gasteiger partial charge in [-0.25, -0.2) is 9.97 Å². The monoisotopic (exact) mass is 255 g/mol. The molecule has 1 aromatic heterocycles. The molecular formula is C12H21N3OS. The first-order valence-electron chi connectivity index (χ1n) is 6.03. The predicted octanol–water partition coefficient (Wildman–Crippen LogP) is 2.51. The van der Waals surface area contributed by atoms with Crippen molar-refractivity contribution in [2.24, 2.45) is 0 Å². The van der Waals surface area contributed by atoms with Crippen LogP contribution in [-0.2, 0) is 0 Å². The van der Waals surface area contributed by atoms with E-state index in [9.17, 15) is 0 Å². The number of hydrogen-bond acceptors (Lipinski definition) is 5. The van der Waals surface area contributed by atoms with Crippen LogP contribution in [0.4, 0.5) is 5.82 Å². The Morgan fingerprint density at radius 1 is 1.41 bits per heavy atom. The van der Waals surface area contributed by atoms with Crippen LogP contribution in [0.1, 0.15) is 38.7 Å². The Balaban J connectivity index is 2.90. The lowest BCUT2D eigenvalue weighted by atomic mass is 10.1. The van der Waals surface area contributed by atoms with Crippen molar-refractivity contribution in [2.45, 2.75) is 38.1 Å². The van der Waals surface area contributed by atoms with Gasteiger partial charge in [0, 0.05) is 24.5 Å². The largest absolute Gasteiger partial charge is 0.396 e. The van der Waals surface area contributed by atoms with Crippen molar-refractivity contribution in [3.05, 3.63) is 11.9 Å². The van der Waals surface area contributed by atoms with Gasteiger partial charge >= 0.3 is 0 Å². The van der Waals surface area contributed by atoms with Crippen LogP contribution in [-0.4, -0.2) is 34.0 Å². The maximum Gasteiger partial charge on any atom is 0.133 e. The number of thioether (sulfide) groups is 1. The highest BCUT2D eigenvalue weighted by Crippen LogP contribution is 2.31. The molecule has 0 aliphatic carbocycles. The molecule has 0 unspecified atom stereocenters. The zero-order valence-electron chi connectivity index (χ0n) is 10.7. The molecule has 2 N–H and O–H groups in total. The number of nitrogens with one attached hydrogen (secondary N) is 1. The predicted molar refractivity (Wildman–Crippen MR) is 72.7 cm³/mol. The van der Waals surface area contributed by atoms with E-state index in [0.717, 1.165) is 29.6 Å². The van der Waals surface area contributed by atoms with Gasteiger partial charge in [-0.05, 0) is 19.3 Å². The van der Waals surface area contributed by atoms with Crippen molar-refractivity contribution in [3.63, 3.8) is 0 Å². The number of anilines is 1. The molecule has 0 aromatic carbocycles. The molecule has 0 saturated heterocycles. The topological polar surface area (TPSA) is 58.0 Å². The van der Waals surface area contributed by atoms with Crippen LogP contribution in [0.15, 0.2) is 11.4 Å². The Morgan fingerprint density at radius 3 is 2.76 bits per heavy atom. The summed E-state index contributed by atoms with van der Waals surface area (Å²) in [5.74, 6) is 2.21. The van der Waals surface area contributed by atoms with Gasteiger partial charge in [0.1, 0.15) is 17.2 Å². The second-order valence-electron chi connectivity index (χ2n) is 4.05. The van der Waals surface area contributed by atoms with Crippen molar-refractivity contribution in [1.82, 2.24) is 9.97 Å². The van der Waals surface area contributed by atoms with Gasteiger partial charge in [0.05, 0.1) is 0 Å². The molecule has 1 heterocycles. The molecule has 17 heavy (non-hydrogen) atoms. The summed E-state index contributed by atoms with van der Waals surface area (Å²) in [6.07, 6.45) is 2.40. The van der Waals surface area contributed by atoms with E-state index in [1.807, 2.05) is 0 Å². The van der Waals surface area contributed by atoms with Gasteiger partial charge in [-0.2, -0.15) is 0 Å². The van der Waals surface area contributed by atoms with E-state index < -0.39 is 0 Å². The van der Waals surface area contributed by atoms with E-state index in [2.05, 4.69) is 36.1 Å². The molecule has 1 rings (SSSR count). The summed E-state index contributed by atoms with van der Waals surface area (Å²) in [5, 5.41) is 13.1. The highest BCUT2D eigenvalue weighted by Gasteiger charge is 2.14. The lowest BCUT2D eigenvalue weighted by Gasteiger charge is -2.15. The first-order valence-corrected chi connectivity index (χ1v) is 7.01. The third-order valence-corrected chi connectivity index (χ3v) is 3.40. The van der Waals surface area contributed by atoms with Crippen molar-refractivity contribution < 1.29 is 5.11 Å². The molecule has 0 aliphatic heterocycles. The molecule has 5 heteroatoms. The molecule has 0 saturated carbocycles. The van der Waals surface area contributed by atoms with Gasteiger partial charge in [0.25, 0.3) is 0 Å². The first kappa shape index (κ1) is 14.3. The van der Waals surface area contributed by atoms with Crippen molar-refractivity contribution in [1.29, 1.82) is 0 Å². The normalized spacial score (nSPS) is 10.9. The average molecular weight is 255 g/mol. The molecule has 0 spiro atoms. The molecule has 0 aliphatic rings. The third-order valence-electron chi connectivity index (χ3n) is 2.31. The molecule has 0 atom stereocenters. The maximum atomic E-state index is 8.80. The lowest BCUT2D eigenvalue weighted by molar-refractivity contribution is 0.296. The van der Waals surface area contributed by atoms with Crippen LogP contribution >= 0.6 is 11.8 Å². The molecule has 1 aromatic rings. The summed E-state index contributed by atoms with van der Waals surface area (Å²) in [5.41, 5.74) is 1.18. The minimum absolute atomic E-state index is 0.231. The van der Waals surface area contributed by atoms with Crippen LogP contribution < -0.4 is 5.32 Å². The maximum absolute atomic E-state index is 8.80. The Morgan fingerprint density at radius 2 is 2.18 bits per heavy atom. The second kappa shape index (κ2) is 7.50. The Kier molecular flexibility index (Phi) is 6.29. The highest BCUT2D eigenvalue weighted by molar-refractivity contribution is 7.99. The third kappa shape index (κ3) is 4.16. The molecule has 96 valence electrons. The zero-order chi connectivity index (χ0) is 12.7. The summed E-state index contributed by atoms with van der Waals surface area (Å²) in [4.78, 5) is 8.64. The van der Waals surface area contributed by atoms with E-state index >= 15 is 0 Å². The number of rotatable bonds is 7. The Hall–Kier alpha value is -0.810. The smallest absolute Gasteiger partial charge is 0.133 e. The summed E-state index contributed by atoms with van der Waals surface area (Å²) in [7, 11) is 0. The fraction of sp³-hybridized carbons (Fsp3) is 0.667. The van der Waals surface area contributed by atoms with E-state index in [1.165, 1.54) is 5.56 Å².